The van der Waals surface area contributed by atoms with Gasteiger partial charge in [-0.05, 0) is 38.8 Å². The van der Waals surface area contributed by atoms with Crippen LogP contribution in [0.2, 0.25) is 0 Å². The highest BCUT2D eigenvalue weighted by Gasteiger charge is 2.19. The lowest BCUT2D eigenvalue weighted by atomic mass is 10.0. The fraction of sp³-hybridized carbons (Fsp3) is 0.533. The zero-order valence-corrected chi connectivity index (χ0v) is 13.2. The van der Waals surface area contributed by atoms with E-state index in [2.05, 4.69) is 5.32 Å². The molecule has 0 aliphatic heterocycles. The van der Waals surface area contributed by atoms with Gasteiger partial charge in [-0.15, -0.1) is 0 Å². The molecule has 0 bridgehead atoms. The number of carbonyl (C=O) groups is 1. The first-order chi connectivity index (χ1) is 10.1. The molecule has 1 aromatic rings. The lowest BCUT2D eigenvalue weighted by molar-refractivity contribution is 0.0524. The number of amides is 1. The topological polar surface area (TPSA) is 73.6 Å². The summed E-state index contributed by atoms with van der Waals surface area (Å²) in [5, 5.41) is 2.53. The van der Waals surface area contributed by atoms with Gasteiger partial charge < -0.3 is 20.5 Å². The van der Waals surface area contributed by atoms with Gasteiger partial charge in [0.05, 0.1) is 7.11 Å². The minimum absolute atomic E-state index is 0.136. The smallest absolute Gasteiger partial charge is 0.407 e. The van der Waals surface area contributed by atoms with Gasteiger partial charge in [-0.3, -0.25) is 0 Å². The quantitative estimate of drug-likeness (QED) is 0.874. The molecule has 0 heterocycles. The molecule has 1 amide bonds. The molecule has 5 nitrogen and oxygen atoms in total. The third-order valence-electron chi connectivity index (χ3n) is 2.73. The molecule has 0 spiro atoms. The number of nitrogens with one attached hydrogen (secondary N) is 1. The van der Waals surface area contributed by atoms with Crippen LogP contribution in [0.4, 0.5) is 13.6 Å². The number of rotatable bonds is 5. The summed E-state index contributed by atoms with van der Waals surface area (Å²) in [6.45, 7) is 5.38. The van der Waals surface area contributed by atoms with Crippen molar-refractivity contribution in [1.82, 2.24) is 5.32 Å². The van der Waals surface area contributed by atoms with Crippen LogP contribution in [0.5, 0.6) is 5.75 Å². The SMILES string of the molecule is COc1c(CC(N)CNC(=O)OC(C)(C)C)ccc(F)c1F. The van der Waals surface area contributed by atoms with E-state index < -0.39 is 29.4 Å². The first kappa shape index (κ1) is 18.2. The lowest BCUT2D eigenvalue weighted by Crippen LogP contribution is -2.41. The van der Waals surface area contributed by atoms with Crippen LogP contribution >= 0.6 is 0 Å². The van der Waals surface area contributed by atoms with Gasteiger partial charge in [0.1, 0.15) is 5.60 Å². The summed E-state index contributed by atoms with van der Waals surface area (Å²) in [5.74, 6) is -2.21. The third-order valence-corrected chi connectivity index (χ3v) is 2.73. The summed E-state index contributed by atoms with van der Waals surface area (Å²) in [6.07, 6.45) is -0.365. The number of hydrogen-bond donors (Lipinski definition) is 2. The fourth-order valence-electron chi connectivity index (χ4n) is 1.84. The molecule has 1 atom stereocenters. The molecule has 22 heavy (non-hydrogen) atoms. The minimum atomic E-state index is -1.05. The van der Waals surface area contributed by atoms with Crippen LogP contribution in [-0.2, 0) is 11.2 Å². The lowest BCUT2D eigenvalue weighted by Gasteiger charge is -2.21. The van der Waals surface area contributed by atoms with Gasteiger partial charge in [0.15, 0.2) is 11.6 Å². The van der Waals surface area contributed by atoms with E-state index in [0.717, 1.165) is 6.07 Å². The first-order valence-corrected chi connectivity index (χ1v) is 6.87. The van der Waals surface area contributed by atoms with Crippen molar-refractivity contribution in [1.29, 1.82) is 0 Å². The van der Waals surface area contributed by atoms with Crippen LogP contribution in [0.1, 0.15) is 26.3 Å². The molecule has 0 aliphatic rings. The minimum Gasteiger partial charge on any atom is -0.493 e. The van der Waals surface area contributed by atoms with E-state index in [4.69, 9.17) is 15.2 Å². The van der Waals surface area contributed by atoms with Crippen molar-refractivity contribution in [3.63, 3.8) is 0 Å². The van der Waals surface area contributed by atoms with Gasteiger partial charge >= 0.3 is 6.09 Å². The molecule has 7 heteroatoms. The van der Waals surface area contributed by atoms with E-state index in [-0.39, 0.29) is 18.7 Å². The summed E-state index contributed by atoms with van der Waals surface area (Å²) < 4.78 is 36.7. The molecule has 1 rings (SSSR count). The van der Waals surface area contributed by atoms with Crippen molar-refractivity contribution < 1.29 is 23.0 Å². The Bertz CT molecular complexity index is 530. The Morgan fingerprint density at radius 1 is 1.36 bits per heavy atom. The Balaban J connectivity index is 2.61. The molecule has 1 aromatic carbocycles. The second-order valence-corrected chi connectivity index (χ2v) is 5.90. The predicted molar refractivity (Wildman–Crippen MR) is 78.8 cm³/mol. The van der Waals surface area contributed by atoms with E-state index in [9.17, 15) is 13.6 Å². The van der Waals surface area contributed by atoms with Crippen LogP contribution in [0.15, 0.2) is 12.1 Å². The van der Waals surface area contributed by atoms with Crippen molar-refractivity contribution >= 4 is 6.09 Å². The van der Waals surface area contributed by atoms with Crippen LogP contribution in [0.3, 0.4) is 0 Å². The number of ether oxygens (including phenoxy) is 2. The summed E-state index contributed by atoms with van der Waals surface area (Å²) in [4.78, 5) is 11.5. The average molecular weight is 316 g/mol. The molecule has 0 saturated heterocycles. The highest BCUT2D eigenvalue weighted by Crippen LogP contribution is 2.25. The highest BCUT2D eigenvalue weighted by atomic mass is 19.2. The van der Waals surface area contributed by atoms with E-state index in [1.54, 1.807) is 20.8 Å². The molecule has 0 fully saturated rings. The van der Waals surface area contributed by atoms with E-state index in [0.29, 0.717) is 5.56 Å². The monoisotopic (exact) mass is 316 g/mol. The maximum absolute atomic E-state index is 13.6. The van der Waals surface area contributed by atoms with Gasteiger partial charge in [0.2, 0.25) is 5.82 Å². The number of carbonyl (C=O) groups excluding carboxylic acids is 1. The Hall–Kier alpha value is -1.89. The fourth-order valence-corrected chi connectivity index (χ4v) is 1.84. The molecular weight excluding hydrogens is 294 g/mol. The summed E-state index contributed by atoms with van der Waals surface area (Å²) >= 11 is 0. The largest absolute Gasteiger partial charge is 0.493 e. The van der Waals surface area contributed by atoms with E-state index >= 15 is 0 Å². The zero-order valence-electron chi connectivity index (χ0n) is 13.2. The standard InChI is InChI=1S/C15H22F2N2O3/c1-15(2,3)22-14(20)19-8-10(18)7-9-5-6-11(16)12(17)13(9)21-4/h5-6,10H,7-8,18H2,1-4H3,(H,19,20). The maximum Gasteiger partial charge on any atom is 0.407 e. The van der Waals surface area contributed by atoms with Crippen LogP contribution < -0.4 is 15.8 Å². The highest BCUT2D eigenvalue weighted by molar-refractivity contribution is 5.67. The maximum atomic E-state index is 13.6. The molecule has 3 N–H and O–H groups in total. The van der Waals surface area contributed by atoms with Crippen LogP contribution in [0.25, 0.3) is 0 Å². The number of benzene rings is 1. The first-order valence-electron chi connectivity index (χ1n) is 6.87. The Labute approximate surface area is 128 Å². The van der Waals surface area contributed by atoms with Gasteiger partial charge in [-0.25, -0.2) is 9.18 Å². The second-order valence-electron chi connectivity index (χ2n) is 5.90. The number of nitrogens with two attached hydrogens (primary N) is 1. The van der Waals surface area contributed by atoms with Crippen LogP contribution in [-0.4, -0.2) is 31.4 Å². The van der Waals surface area contributed by atoms with Crippen LogP contribution in [0, 0.1) is 11.6 Å². The van der Waals surface area contributed by atoms with Gasteiger partial charge in [0.25, 0.3) is 0 Å². The number of alkyl carbamates (subject to hydrolysis) is 1. The summed E-state index contributed by atoms with van der Waals surface area (Å²) in [6, 6.07) is 1.93. The number of halogens is 2. The summed E-state index contributed by atoms with van der Waals surface area (Å²) in [7, 11) is 1.26. The average Bonchev–Trinajstić information content (AvgIpc) is 2.39. The second kappa shape index (κ2) is 7.40. The molecule has 124 valence electrons. The summed E-state index contributed by atoms with van der Waals surface area (Å²) in [5.41, 5.74) is 5.72. The number of methoxy groups -OCH3 is 1. The number of hydrogen-bond acceptors (Lipinski definition) is 4. The molecule has 1 unspecified atom stereocenters. The van der Waals surface area contributed by atoms with Gasteiger partial charge in [-0.1, -0.05) is 6.07 Å². The van der Waals surface area contributed by atoms with Gasteiger partial charge in [0, 0.05) is 12.6 Å². The Morgan fingerprint density at radius 3 is 2.55 bits per heavy atom. The van der Waals surface area contributed by atoms with E-state index in [1.807, 2.05) is 0 Å². The third kappa shape index (κ3) is 5.48. The zero-order chi connectivity index (χ0) is 16.9. The Morgan fingerprint density at radius 2 is 2.00 bits per heavy atom. The molecule has 0 aliphatic carbocycles. The normalized spacial score (nSPS) is 12.7. The van der Waals surface area contributed by atoms with Gasteiger partial charge in [-0.2, -0.15) is 4.39 Å². The van der Waals surface area contributed by atoms with Crippen molar-refractivity contribution in [3.05, 3.63) is 29.3 Å². The molecule has 0 radical (unpaired) electrons. The van der Waals surface area contributed by atoms with E-state index in [1.165, 1.54) is 13.2 Å². The van der Waals surface area contributed by atoms with Crippen molar-refractivity contribution in [3.8, 4) is 5.75 Å². The van der Waals surface area contributed by atoms with Crippen molar-refractivity contribution in [2.24, 2.45) is 5.73 Å². The molecular formula is C15H22F2N2O3. The van der Waals surface area contributed by atoms with Crippen molar-refractivity contribution in [2.75, 3.05) is 13.7 Å². The Kier molecular flexibility index (Phi) is 6.11. The predicted octanol–water partition coefficient (Wildman–Crippen LogP) is 2.37. The van der Waals surface area contributed by atoms with Crippen molar-refractivity contribution in [2.45, 2.75) is 38.8 Å². The molecule has 0 saturated carbocycles. The molecule has 0 aromatic heterocycles.